The largest absolute Gasteiger partial charge is 0.397 e. The van der Waals surface area contributed by atoms with E-state index in [1.54, 1.807) is 0 Å². The zero-order valence-electron chi connectivity index (χ0n) is 3.03. The van der Waals surface area contributed by atoms with Gasteiger partial charge in [0.1, 0.15) is 0 Å². The van der Waals surface area contributed by atoms with Crippen LogP contribution in [-0.2, 0) is 4.57 Å². The van der Waals surface area contributed by atoms with Crippen molar-refractivity contribution in [3.05, 3.63) is 0 Å². The molecule has 0 bridgehead atoms. The molecule has 0 aliphatic rings. The van der Waals surface area contributed by atoms with Gasteiger partial charge in [0.2, 0.25) is 0 Å². The first kappa shape index (κ1) is 9.74. The van der Waals surface area contributed by atoms with E-state index in [9.17, 15) is 0 Å². The van der Waals surface area contributed by atoms with E-state index in [0.29, 0.717) is 0 Å². The lowest BCUT2D eigenvalue weighted by atomic mass is 13.9. The molecule has 4 N–H and O–H groups in total. The van der Waals surface area contributed by atoms with Crippen molar-refractivity contribution in [2.75, 3.05) is 0 Å². The second-order valence-electron chi connectivity index (χ2n) is 0.589. The van der Waals surface area contributed by atoms with Crippen LogP contribution >= 0.6 is 17.6 Å². The van der Waals surface area contributed by atoms with E-state index in [1.807, 2.05) is 0 Å². The summed E-state index contributed by atoms with van der Waals surface area (Å²) in [6.07, 6.45) is 0. The molecular formula is H7NO3P2. The minimum absolute atomic E-state index is 0. The minimum atomic E-state index is -4.14. The molecule has 0 saturated heterocycles. The van der Waals surface area contributed by atoms with Crippen molar-refractivity contribution in [2.24, 2.45) is 5.50 Å². The van der Waals surface area contributed by atoms with Crippen LogP contribution in [0.5, 0.6) is 0 Å². The standard InChI is InChI=1S/H4NO3P.H3P/c1-5(2,3)4;/h(H4,1,2,3,4);1H3. The highest BCUT2D eigenvalue weighted by Crippen LogP contribution is 2.20. The molecule has 0 aliphatic heterocycles. The Kier molecular flexibility index (Phi) is 4.33. The van der Waals surface area contributed by atoms with Crippen LogP contribution in [0, 0.1) is 0 Å². The lowest BCUT2D eigenvalue weighted by Gasteiger charge is -1.84. The number of hydrogen-bond donors (Lipinski definition) is 3. The van der Waals surface area contributed by atoms with Gasteiger partial charge < -0.3 is 9.79 Å². The van der Waals surface area contributed by atoms with Gasteiger partial charge in [0.25, 0.3) is 0 Å². The maximum atomic E-state index is 9.10. The maximum Gasteiger partial charge on any atom is 0.397 e. The maximum absolute atomic E-state index is 9.10. The Hall–Kier alpha value is 0.540. The van der Waals surface area contributed by atoms with Crippen LogP contribution in [0.1, 0.15) is 0 Å². The van der Waals surface area contributed by atoms with Crippen molar-refractivity contribution in [2.45, 2.75) is 0 Å². The van der Waals surface area contributed by atoms with E-state index in [0.717, 1.165) is 0 Å². The average molecular weight is 131 g/mol. The highest BCUT2D eigenvalue weighted by atomic mass is 31.2. The molecule has 6 heteroatoms. The summed E-state index contributed by atoms with van der Waals surface area (Å²) in [7, 11) is -4.14. The molecule has 40 valence electrons. The van der Waals surface area contributed by atoms with Crippen LogP contribution in [-0.4, -0.2) is 9.79 Å². The molecule has 0 aromatic rings. The van der Waals surface area contributed by atoms with Crippen molar-refractivity contribution < 1.29 is 14.4 Å². The van der Waals surface area contributed by atoms with Crippen molar-refractivity contribution in [3.8, 4) is 0 Å². The smallest absolute Gasteiger partial charge is 0.313 e. The number of rotatable bonds is 0. The van der Waals surface area contributed by atoms with E-state index in [1.165, 1.54) is 0 Å². The van der Waals surface area contributed by atoms with Crippen molar-refractivity contribution in [1.29, 1.82) is 0 Å². The van der Waals surface area contributed by atoms with Gasteiger partial charge in [-0.05, 0) is 0 Å². The van der Waals surface area contributed by atoms with E-state index in [2.05, 4.69) is 5.50 Å². The third-order valence-electron chi connectivity index (χ3n) is 0. The van der Waals surface area contributed by atoms with Gasteiger partial charge >= 0.3 is 7.75 Å². The second kappa shape index (κ2) is 2.67. The van der Waals surface area contributed by atoms with Gasteiger partial charge in [0.15, 0.2) is 0 Å². The molecule has 0 saturated carbocycles. The van der Waals surface area contributed by atoms with Gasteiger partial charge in [-0.3, -0.25) is 0 Å². The van der Waals surface area contributed by atoms with E-state index >= 15 is 0 Å². The molecule has 0 rings (SSSR count). The summed E-state index contributed by atoms with van der Waals surface area (Å²) in [6, 6.07) is 0. The summed E-state index contributed by atoms with van der Waals surface area (Å²) in [6.45, 7) is 0. The molecule has 0 aromatic heterocycles. The third kappa shape index (κ3) is 195. The van der Waals surface area contributed by atoms with Gasteiger partial charge in [-0.15, -0.1) is 0 Å². The summed E-state index contributed by atoms with van der Waals surface area (Å²) < 4.78 is 9.10. The molecule has 0 radical (unpaired) electrons. The van der Waals surface area contributed by atoms with E-state index in [4.69, 9.17) is 14.4 Å². The quantitative estimate of drug-likeness (QED) is 0.372. The van der Waals surface area contributed by atoms with Crippen molar-refractivity contribution in [1.82, 2.24) is 0 Å². The van der Waals surface area contributed by atoms with Crippen LogP contribution < -0.4 is 5.50 Å². The predicted octanol–water partition coefficient (Wildman–Crippen LogP) is -0.904. The first-order valence-corrected chi connectivity index (χ1v) is 2.52. The molecule has 0 spiro atoms. The fourth-order valence-corrected chi connectivity index (χ4v) is 0. The third-order valence-corrected chi connectivity index (χ3v) is 0. The van der Waals surface area contributed by atoms with Gasteiger partial charge in [0.05, 0.1) is 0 Å². The average Bonchev–Trinajstić information content (AvgIpc) is 0.722. The van der Waals surface area contributed by atoms with Gasteiger partial charge in [-0.2, -0.15) is 9.90 Å². The molecule has 6 heavy (non-hydrogen) atoms. The summed E-state index contributed by atoms with van der Waals surface area (Å²) in [5.41, 5.74) is 4.02. The molecule has 0 aliphatic carbocycles. The normalized spacial score (nSPS) is 9.83. The van der Waals surface area contributed by atoms with Crippen LogP contribution in [0.3, 0.4) is 0 Å². The molecular weight excluding hydrogens is 124 g/mol. The monoisotopic (exact) mass is 131 g/mol. The van der Waals surface area contributed by atoms with Crippen LogP contribution in [0.4, 0.5) is 0 Å². The zero-order valence-corrected chi connectivity index (χ0v) is 5.34. The molecule has 0 amide bonds. The fraction of sp³-hybridized carbons (Fsp3) is 0. The van der Waals surface area contributed by atoms with Crippen LogP contribution in [0.25, 0.3) is 0 Å². The summed E-state index contributed by atoms with van der Waals surface area (Å²) >= 11 is 0. The molecule has 0 heterocycles. The molecule has 4 nitrogen and oxygen atoms in total. The van der Waals surface area contributed by atoms with Gasteiger partial charge in [-0.1, -0.05) is 0 Å². The second-order valence-corrected chi connectivity index (χ2v) is 1.77. The Morgan fingerprint density at radius 1 is 1.50 bits per heavy atom. The highest BCUT2D eigenvalue weighted by Gasteiger charge is 1.96. The Labute approximate surface area is 38.6 Å². The van der Waals surface area contributed by atoms with Crippen LogP contribution in [0.2, 0.25) is 0 Å². The zero-order chi connectivity index (χ0) is 4.50. The van der Waals surface area contributed by atoms with E-state index in [-0.39, 0.29) is 9.90 Å². The number of hydrogen-bond acceptors (Lipinski definition) is 1. The minimum Gasteiger partial charge on any atom is -0.313 e. The highest BCUT2D eigenvalue weighted by molar-refractivity contribution is 7.49. The van der Waals surface area contributed by atoms with Crippen molar-refractivity contribution in [3.63, 3.8) is 0 Å². The molecule has 1 unspecified atom stereocenters. The van der Waals surface area contributed by atoms with Crippen LogP contribution in [0.15, 0.2) is 0 Å². The predicted molar refractivity (Wildman–Crippen MR) is 27.3 cm³/mol. The Morgan fingerprint density at radius 2 is 1.50 bits per heavy atom. The molecule has 0 aromatic carbocycles. The lowest BCUT2D eigenvalue weighted by molar-refractivity contribution is 0.374. The van der Waals surface area contributed by atoms with E-state index < -0.39 is 7.75 Å². The fourth-order valence-electron chi connectivity index (χ4n) is 0. The first-order chi connectivity index (χ1) is 2.00. The topological polar surface area (TPSA) is 83.6 Å². The van der Waals surface area contributed by atoms with Crippen molar-refractivity contribution >= 4 is 17.6 Å². The van der Waals surface area contributed by atoms with Gasteiger partial charge in [-0.25, -0.2) is 10.1 Å². The summed E-state index contributed by atoms with van der Waals surface area (Å²) in [5.74, 6) is 0. The molecule has 0 fully saturated rings. The summed E-state index contributed by atoms with van der Waals surface area (Å²) in [5, 5.41) is 0. The SMILES string of the molecule is NP(=O)(O)O.P. The number of nitrogens with two attached hydrogens (primary N) is 1. The molecule has 1 atom stereocenters. The summed E-state index contributed by atoms with van der Waals surface area (Å²) in [4.78, 5) is 14.8. The Bertz CT molecular complexity index is 54.9. The Balaban J connectivity index is 0. The Morgan fingerprint density at radius 3 is 1.50 bits per heavy atom. The van der Waals surface area contributed by atoms with Gasteiger partial charge in [0, 0.05) is 0 Å². The first-order valence-electron chi connectivity index (χ1n) is 0.841. The lowest BCUT2D eigenvalue weighted by Crippen LogP contribution is -1.87.